The second-order valence-electron chi connectivity index (χ2n) is 10.4. The first-order valence-electron chi connectivity index (χ1n) is 11.3. The van der Waals surface area contributed by atoms with Gasteiger partial charge in [-0.15, -0.1) is 0 Å². The molecule has 1 aromatic rings. The summed E-state index contributed by atoms with van der Waals surface area (Å²) in [5, 5.41) is 0. The first-order chi connectivity index (χ1) is 13.6. The van der Waals surface area contributed by atoms with E-state index in [1.807, 2.05) is 0 Å². The lowest BCUT2D eigenvalue weighted by Crippen LogP contribution is -2.41. The summed E-state index contributed by atoms with van der Waals surface area (Å²) in [5.41, 5.74) is 3.37. The zero-order valence-corrected chi connectivity index (χ0v) is 18.5. The Morgan fingerprint density at radius 1 is 0.714 bits per heavy atom. The van der Waals surface area contributed by atoms with Crippen molar-refractivity contribution in [3.63, 3.8) is 0 Å². The van der Waals surface area contributed by atoms with Gasteiger partial charge in [-0.05, 0) is 65.0 Å². The van der Waals surface area contributed by atoms with Gasteiger partial charge in [-0.1, -0.05) is 99.0 Å². The molecule has 4 aliphatic rings. The van der Waals surface area contributed by atoms with Crippen LogP contribution in [-0.2, 0) is 0 Å². The molecule has 0 N–H and O–H groups in total. The predicted molar refractivity (Wildman–Crippen MR) is 123 cm³/mol. The van der Waals surface area contributed by atoms with Crippen LogP contribution in [0.15, 0.2) is 78.9 Å². The maximum Gasteiger partial charge on any atom is 0.0548 e. The summed E-state index contributed by atoms with van der Waals surface area (Å²) in [5.74, 6) is 4.53. The quantitative estimate of drug-likeness (QED) is 0.475. The van der Waals surface area contributed by atoms with Crippen molar-refractivity contribution in [2.45, 2.75) is 49.9 Å². The van der Waals surface area contributed by atoms with Crippen molar-refractivity contribution in [1.82, 2.24) is 0 Å². The molecule has 8 unspecified atom stereocenters. The molecule has 0 amide bonds. The second-order valence-corrected chi connectivity index (χ2v) is 15.5. The van der Waals surface area contributed by atoms with E-state index in [1.54, 1.807) is 5.56 Å². The van der Waals surface area contributed by atoms with E-state index in [1.165, 1.54) is 12.8 Å². The van der Waals surface area contributed by atoms with Gasteiger partial charge in [-0.25, -0.2) is 0 Å². The molecule has 0 spiro atoms. The molecular weight excluding hydrogens is 352 g/mol. The van der Waals surface area contributed by atoms with Crippen LogP contribution in [-0.4, -0.2) is 8.07 Å². The molecule has 0 aliphatic heterocycles. The van der Waals surface area contributed by atoms with Crippen molar-refractivity contribution in [3.8, 4) is 0 Å². The van der Waals surface area contributed by atoms with Crippen LogP contribution in [0.4, 0.5) is 0 Å². The highest BCUT2D eigenvalue weighted by Crippen LogP contribution is 2.63. The minimum absolute atomic E-state index is 0.695. The lowest BCUT2D eigenvalue weighted by Gasteiger charge is -2.42. The van der Waals surface area contributed by atoms with Crippen LogP contribution >= 0.6 is 0 Å². The van der Waals surface area contributed by atoms with Crippen molar-refractivity contribution in [1.29, 1.82) is 0 Å². The molecule has 0 bridgehead atoms. The number of fused-ring (bicyclic) bond motifs is 2. The van der Waals surface area contributed by atoms with Crippen LogP contribution in [0.3, 0.4) is 0 Å². The SMILES string of the molecule is CC1CC([Si](C)(C)C2CC3C=CC=CC3C2c2ccccc2)C2C=CC=CC12. The molecule has 1 heteroatoms. The first kappa shape index (κ1) is 18.4. The molecule has 0 nitrogen and oxygen atoms in total. The van der Waals surface area contributed by atoms with E-state index in [0.29, 0.717) is 11.8 Å². The van der Waals surface area contributed by atoms with Crippen LogP contribution in [0.5, 0.6) is 0 Å². The Bertz CT molecular complexity index is 827. The van der Waals surface area contributed by atoms with Gasteiger partial charge in [0, 0.05) is 0 Å². The summed E-state index contributed by atoms with van der Waals surface area (Å²) < 4.78 is 0. The number of hydrogen-bond donors (Lipinski definition) is 0. The van der Waals surface area contributed by atoms with Crippen molar-refractivity contribution in [2.24, 2.45) is 29.6 Å². The molecule has 4 aliphatic carbocycles. The van der Waals surface area contributed by atoms with Gasteiger partial charge < -0.3 is 0 Å². The highest BCUT2D eigenvalue weighted by Gasteiger charge is 2.55. The first-order valence-corrected chi connectivity index (χ1v) is 14.5. The van der Waals surface area contributed by atoms with Crippen molar-refractivity contribution in [2.75, 3.05) is 0 Å². The molecule has 5 rings (SSSR count). The summed E-state index contributed by atoms with van der Waals surface area (Å²) in [6.07, 6.45) is 22.1. The van der Waals surface area contributed by atoms with Crippen molar-refractivity contribution >= 4 is 8.07 Å². The Morgan fingerprint density at radius 3 is 2.11 bits per heavy atom. The maximum absolute atomic E-state index is 2.74. The van der Waals surface area contributed by atoms with Gasteiger partial charge in [0.1, 0.15) is 0 Å². The van der Waals surface area contributed by atoms with E-state index in [0.717, 1.165) is 34.8 Å². The van der Waals surface area contributed by atoms with E-state index >= 15 is 0 Å². The largest absolute Gasteiger partial charge is 0.0808 e. The minimum atomic E-state index is -1.47. The highest BCUT2D eigenvalue weighted by molar-refractivity contribution is 6.80. The lowest BCUT2D eigenvalue weighted by atomic mass is 9.82. The van der Waals surface area contributed by atoms with Gasteiger partial charge in [0.2, 0.25) is 0 Å². The van der Waals surface area contributed by atoms with Gasteiger partial charge in [0.15, 0.2) is 0 Å². The summed E-state index contributed by atoms with van der Waals surface area (Å²) in [6, 6.07) is 11.5. The molecule has 0 radical (unpaired) electrons. The van der Waals surface area contributed by atoms with E-state index in [4.69, 9.17) is 0 Å². The summed E-state index contributed by atoms with van der Waals surface area (Å²) in [6.45, 7) is 7.98. The Hall–Kier alpha value is -1.60. The Balaban J connectivity index is 1.52. The standard InChI is InChI=1S/C27H34Si/c1-19-17-25(24-16-10-9-14-22(19)24)28(2,3)26-18-21-13-7-8-15-23(21)27(26)20-11-5-4-6-12-20/h4-16,19,21-27H,17-18H2,1-3H3. The normalized spacial score (nSPS) is 41.2. The molecule has 2 saturated carbocycles. The third kappa shape index (κ3) is 2.85. The summed E-state index contributed by atoms with van der Waals surface area (Å²) in [4.78, 5) is 0. The zero-order chi connectivity index (χ0) is 19.3. The van der Waals surface area contributed by atoms with E-state index in [2.05, 4.69) is 99.0 Å². The van der Waals surface area contributed by atoms with Crippen molar-refractivity contribution in [3.05, 3.63) is 84.5 Å². The second kappa shape index (κ2) is 7.02. The van der Waals surface area contributed by atoms with E-state index in [9.17, 15) is 0 Å². The van der Waals surface area contributed by atoms with Crippen LogP contribution in [0.1, 0.15) is 31.2 Å². The number of benzene rings is 1. The van der Waals surface area contributed by atoms with E-state index in [-0.39, 0.29) is 0 Å². The average Bonchev–Trinajstić information content (AvgIpc) is 3.28. The van der Waals surface area contributed by atoms with E-state index < -0.39 is 8.07 Å². The average molecular weight is 387 g/mol. The number of allylic oxidation sites excluding steroid dienone is 8. The molecule has 28 heavy (non-hydrogen) atoms. The maximum atomic E-state index is 2.74. The number of hydrogen-bond acceptors (Lipinski definition) is 0. The summed E-state index contributed by atoms with van der Waals surface area (Å²) in [7, 11) is -1.47. The fourth-order valence-corrected chi connectivity index (χ4v) is 12.4. The lowest BCUT2D eigenvalue weighted by molar-refractivity contribution is 0.449. The van der Waals surface area contributed by atoms with Crippen LogP contribution in [0, 0.1) is 29.6 Å². The molecular formula is C27H34Si. The topological polar surface area (TPSA) is 0 Å². The summed E-state index contributed by atoms with van der Waals surface area (Å²) >= 11 is 0. The Kier molecular flexibility index (Phi) is 4.62. The van der Waals surface area contributed by atoms with Crippen LogP contribution < -0.4 is 0 Å². The molecule has 146 valence electrons. The molecule has 0 aromatic heterocycles. The molecule has 8 atom stereocenters. The fraction of sp³-hybridized carbons (Fsp3) is 0.481. The monoisotopic (exact) mass is 386 g/mol. The molecule has 0 heterocycles. The smallest absolute Gasteiger partial charge is 0.0548 e. The van der Waals surface area contributed by atoms with Gasteiger partial charge in [-0.3, -0.25) is 0 Å². The fourth-order valence-electron chi connectivity index (χ4n) is 7.30. The number of rotatable bonds is 3. The third-order valence-corrected chi connectivity index (χ3v) is 13.8. The van der Waals surface area contributed by atoms with Crippen LogP contribution in [0.2, 0.25) is 24.2 Å². The van der Waals surface area contributed by atoms with Gasteiger partial charge in [-0.2, -0.15) is 0 Å². The van der Waals surface area contributed by atoms with Crippen LogP contribution in [0.25, 0.3) is 0 Å². The molecule has 2 fully saturated rings. The molecule has 0 saturated heterocycles. The predicted octanol–water partition coefficient (Wildman–Crippen LogP) is 7.38. The minimum Gasteiger partial charge on any atom is -0.0808 e. The zero-order valence-electron chi connectivity index (χ0n) is 17.5. The van der Waals surface area contributed by atoms with Gasteiger partial charge in [0.05, 0.1) is 8.07 Å². The van der Waals surface area contributed by atoms with Crippen molar-refractivity contribution < 1.29 is 0 Å². The van der Waals surface area contributed by atoms with Gasteiger partial charge >= 0.3 is 0 Å². The molecule has 1 aromatic carbocycles. The third-order valence-electron chi connectivity index (χ3n) is 8.74. The Morgan fingerprint density at radius 2 is 1.36 bits per heavy atom. The van der Waals surface area contributed by atoms with Gasteiger partial charge in [0.25, 0.3) is 0 Å². The highest BCUT2D eigenvalue weighted by atomic mass is 28.3. The Labute approximate surface area is 172 Å².